The van der Waals surface area contributed by atoms with E-state index in [4.69, 9.17) is 17.3 Å². The molecule has 17 heavy (non-hydrogen) atoms. The minimum absolute atomic E-state index is 0.00137. The summed E-state index contributed by atoms with van der Waals surface area (Å²) in [7, 11) is 0. The molecule has 0 fully saturated rings. The molecule has 0 saturated carbocycles. The lowest BCUT2D eigenvalue weighted by molar-refractivity contribution is 0.623. The number of benzene rings is 1. The lowest BCUT2D eigenvalue weighted by Crippen LogP contribution is -2.28. The van der Waals surface area contributed by atoms with Crippen molar-refractivity contribution in [3.63, 3.8) is 0 Å². The van der Waals surface area contributed by atoms with Crippen LogP contribution in [0.3, 0.4) is 0 Å². The van der Waals surface area contributed by atoms with Gasteiger partial charge in [-0.3, -0.25) is 0 Å². The third kappa shape index (κ3) is 5.75. The normalized spacial score (nSPS) is 13.8. The summed E-state index contributed by atoms with van der Waals surface area (Å²) in [4.78, 5) is 0. The Hall–Kier alpha value is -0.250. The third-order valence-electron chi connectivity index (χ3n) is 2.22. The van der Waals surface area contributed by atoms with E-state index in [1.807, 2.05) is 11.8 Å². The van der Waals surface area contributed by atoms with Crippen LogP contribution in [0.4, 0.5) is 4.39 Å². The minimum atomic E-state index is -0.264. The molecule has 0 amide bonds. The summed E-state index contributed by atoms with van der Waals surface area (Å²) in [5.41, 5.74) is 6.82. The Bertz CT molecular complexity index is 376. The molecule has 0 aliphatic rings. The van der Waals surface area contributed by atoms with Crippen LogP contribution in [0.2, 0.25) is 5.02 Å². The van der Waals surface area contributed by atoms with E-state index in [0.29, 0.717) is 11.4 Å². The average Bonchev–Trinajstić information content (AvgIpc) is 2.20. The molecule has 2 N–H and O–H groups in total. The Morgan fingerprint density at radius 2 is 2.06 bits per heavy atom. The highest BCUT2D eigenvalue weighted by atomic mass is 35.5. The number of thioether (sulfide) groups is 1. The Kier molecular flexibility index (Phi) is 5.29. The molecule has 0 saturated heterocycles. The standard InChI is InChI=1S/C13H19ClFNS/c1-13(2,3)17-8-11(16)7-9-6-10(15)4-5-12(9)14/h4-6,11H,7-8,16H2,1-3H3. The van der Waals surface area contributed by atoms with Gasteiger partial charge in [0, 0.05) is 21.6 Å². The first-order valence-corrected chi connectivity index (χ1v) is 6.98. The van der Waals surface area contributed by atoms with E-state index >= 15 is 0 Å². The van der Waals surface area contributed by atoms with Gasteiger partial charge in [0.1, 0.15) is 5.82 Å². The van der Waals surface area contributed by atoms with Gasteiger partial charge in [-0.25, -0.2) is 4.39 Å². The van der Waals surface area contributed by atoms with Crippen molar-refractivity contribution in [3.8, 4) is 0 Å². The fourth-order valence-electron chi connectivity index (χ4n) is 1.40. The van der Waals surface area contributed by atoms with Crippen LogP contribution in [0.1, 0.15) is 26.3 Å². The second kappa shape index (κ2) is 6.07. The van der Waals surface area contributed by atoms with Crippen LogP contribution in [0, 0.1) is 5.82 Å². The minimum Gasteiger partial charge on any atom is -0.327 e. The highest BCUT2D eigenvalue weighted by Crippen LogP contribution is 2.25. The van der Waals surface area contributed by atoms with Crippen molar-refractivity contribution in [1.82, 2.24) is 0 Å². The second-order valence-corrected chi connectivity index (χ2v) is 7.38. The van der Waals surface area contributed by atoms with Crippen molar-refractivity contribution < 1.29 is 4.39 Å². The summed E-state index contributed by atoms with van der Waals surface area (Å²) in [6.45, 7) is 6.46. The summed E-state index contributed by atoms with van der Waals surface area (Å²) in [6.07, 6.45) is 0.611. The molecule has 0 aliphatic heterocycles. The first kappa shape index (κ1) is 14.8. The van der Waals surface area contributed by atoms with Gasteiger partial charge < -0.3 is 5.73 Å². The van der Waals surface area contributed by atoms with Crippen molar-refractivity contribution in [3.05, 3.63) is 34.6 Å². The molecular weight excluding hydrogens is 257 g/mol. The predicted molar refractivity (Wildman–Crippen MR) is 75.3 cm³/mol. The first-order valence-electron chi connectivity index (χ1n) is 5.61. The largest absolute Gasteiger partial charge is 0.327 e. The Morgan fingerprint density at radius 3 is 2.65 bits per heavy atom. The van der Waals surface area contributed by atoms with Gasteiger partial charge >= 0.3 is 0 Å². The molecule has 1 aromatic rings. The van der Waals surface area contributed by atoms with E-state index in [2.05, 4.69) is 20.8 Å². The van der Waals surface area contributed by atoms with Crippen LogP contribution in [-0.4, -0.2) is 16.5 Å². The Balaban J connectivity index is 2.56. The van der Waals surface area contributed by atoms with E-state index in [1.165, 1.54) is 12.1 Å². The number of hydrogen-bond acceptors (Lipinski definition) is 2. The van der Waals surface area contributed by atoms with Gasteiger partial charge in [0.05, 0.1) is 0 Å². The zero-order valence-corrected chi connectivity index (χ0v) is 12.0. The molecule has 0 spiro atoms. The molecule has 1 aromatic carbocycles. The van der Waals surface area contributed by atoms with Gasteiger partial charge in [0.25, 0.3) is 0 Å². The highest BCUT2D eigenvalue weighted by molar-refractivity contribution is 8.00. The smallest absolute Gasteiger partial charge is 0.123 e. The summed E-state index contributed by atoms with van der Waals surface area (Å²) in [6, 6.07) is 4.40. The van der Waals surface area contributed by atoms with Gasteiger partial charge in [-0.1, -0.05) is 32.4 Å². The van der Waals surface area contributed by atoms with Gasteiger partial charge in [0.15, 0.2) is 0 Å². The zero-order valence-electron chi connectivity index (χ0n) is 10.5. The lowest BCUT2D eigenvalue weighted by Gasteiger charge is -2.20. The van der Waals surface area contributed by atoms with Crippen LogP contribution >= 0.6 is 23.4 Å². The molecule has 0 radical (unpaired) electrons. The molecule has 1 rings (SSSR count). The molecule has 0 bridgehead atoms. The van der Waals surface area contributed by atoms with Gasteiger partial charge in [-0.05, 0) is 30.2 Å². The molecule has 1 atom stereocenters. The van der Waals surface area contributed by atoms with Gasteiger partial charge in [0.2, 0.25) is 0 Å². The van der Waals surface area contributed by atoms with E-state index in [0.717, 1.165) is 11.3 Å². The SMILES string of the molecule is CC(C)(C)SCC(N)Cc1cc(F)ccc1Cl. The van der Waals surface area contributed by atoms with Crippen molar-refractivity contribution in [2.75, 3.05) is 5.75 Å². The fourth-order valence-corrected chi connectivity index (χ4v) is 2.42. The van der Waals surface area contributed by atoms with E-state index in [9.17, 15) is 4.39 Å². The fraction of sp³-hybridized carbons (Fsp3) is 0.538. The van der Waals surface area contributed by atoms with Crippen LogP contribution in [0.25, 0.3) is 0 Å². The third-order valence-corrected chi connectivity index (χ3v) is 4.05. The molecular formula is C13H19ClFNS. The van der Waals surface area contributed by atoms with Crippen molar-refractivity contribution in [2.24, 2.45) is 5.73 Å². The summed E-state index contributed by atoms with van der Waals surface area (Å²) in [5, 5.41) is 0.586. The maximum Gasteiger partial charge on any atom is 0.123 e. The highest BCUT2D eigenvalue weighted by Gasteiger charge is 2.14. The maximum absolute atomic E-state index is 13.1. The van der Waals surface area contributed by atoms with Crippen LogP contribution < -0.4 is 5.73 Å². The number of rotatable bonds is 4. The molecule has 0 aliphatic carbocycles. The topological polar surface area (TPSA) is 26.0 Å². The Morgan fingerprint density at radius 1 is 1.41 bits per heavy atom. The molecule has 96 valence electrons. The van der Waals surface area contributed by atoms with Crippen molar-refractivity contribution in [2.45, 2.75) is 38.0 Å². The summed E-state index contributed by atoms with van der Waals surface area (Å²) < 4.78 is 13.3. The monoisotopic (exact) mass is 275 g/mol. The Labute approximate surface area is 112 Å². The lowest BCUT2D eigenvalue weighted by atomic mass is 10.1. The predicted octanol–water partition coefficient (Wildman–Crippen LogP) is 3.88. The molecule has 0 aromatic heterocycles. The average molecular weight is 276 g/mol. The summed E-state index contributed by atoms with van der Waals surface area (Å²) >= 11 is 7.81. The van der Waals surface area contributed by atoms with E-state index in [-0.39, 0.29) is 16.6 Å². The zero-order chi connectivity index (χ0) is 13.1. The van der Waals surface area contributed by atoms with Crippen LogP contribution in [-0.2, 0) is 6.42 Å². The molecule has 0 heterocycles. The van der Waals surface area contributed by atoms with Crippen molar-refractivity contribution >= 4 is 23.4 Å². The number of halogens is 2. The van der Waals surface area contributed by atoms with Crippen molar-refractivity contribution in [1.29, 1.82) is 0 Å². The summed E-state index contributed by atoms with van der Waals surface area (Å²) in [5.74, 6) is 0.580. The number of hydrogen-bond donors (Lipinski definition) is 1. The molecule has 1 nitrogen and oxygen atoms in total. The second-order valence-electron chi connectivity index (χ2n) is 5.12. The van der Waals surface area contributed by atoms with E-state index in [1.54, 1.807) is 6.07 Å². The molecule has 1 unspecified atom stereocenters. The van der Waals surface area contributed by atoms with Gasteiger partial charge in [-0.15, -0.1) is 0 Å². The van der Waals surface area contributed by atoms with E-state index < -0.39 is 0 Å². The quantitative estimate of drug-likeness (QED) is 0.902. The molecule has 4 heteroatoms. The maximum atomic E-state index is 13.1. The van der Waals surface area contributed by atoms with Crippen LogP contribution in [0.15, 0.2) is 18.2 Å². The van der Waals surface area contributed by atoms with Crippen LogP contribution in [0.5, 0.6) is 0 Å². The van der Waals surface area contributed by atoms with Gasteiger partial charge in [-0.2, -0.15) is 11.8 Å². The first-order chi connectivity index (χ1) is 7.78. The number of nitrogens with two attached hydrogens (primary N) is 1.